The predicted octanol–water partition coefficient (Wildman–Crippen LogP) is 5.06. The van der Waals surface area contributed by atoms with Gasteiger partial charge >= 0.3 is 0 Å². The highest BCUT2D eigenvalue weighted by Crippen LogP contribution is 2.28. The van der Waals surface area contributed by atoms with Crippen molar-refractivity contribution in [3.05, 3.63) is 10.8 Å². The molecule has 1 aliphatic heterocycles. The molecule has 0 nitrogen and oxygen atoms in total. The number of unbranched alkanes of at least 4 members (excludes halogenated alkanes) is 5. The van der Waals surface area contributed by atoms with E-state index in [1.165, 1.54) is 50.7 Å². The molecule has 0 aliphatic carbocycles. The average molecular weight is 230 g/mol. The van der Waals surface area contributed by atoms with Crippen molar-refractivity contribution >= 4 is 23.5 Å². The average Bonchev–Trinajstić information content (AvgIpc) is 2.25. The molecule has 0 bridgehead atoms. The lowest BCUT2D eigenvalue weighted by atomic mass is 10.1. The summed E-state index contributed by atoms with van der Waals surface area (Å²) in [4.78, 5) is 0. The Morgan fingerprint density at radius 1 is 1.07 bits per heavy atom. The molecule has 0 saturated heterocycles. The molecule has 1 aliphatic rings. The van der Waals surface area contributed by atoms with Gasteiger partial charge in [0, 0.05) is 11.0 Å². The minimum Gasteiger partial charge on any atom is -0.132 e. The van der Waals surface area contributed by atoms with Crippen LogP contribution in [0.5, 0.6) is 0 Å². The van der Waals surface area contributed by atoms with Gasteiger partial charge in [-0.05, 0) is 17.2 Å². The molecule has 1 rings (SSSR count). The minimum absolute atomic E-state index is 0.899. The first kappa shape index (κ1) is 12.5. The molecule has 0 N–H and O–H groups in total. The molecule has 82 valence electrons. The highest BCUT2D eigenvalue weighted by atomic mass is 32.2. The smallest absolute Gasteiger partial charge is 0.0183 e. The summed E-state index contributed by atoms with van der Waals surface area (Å²) < 4.78 is 0. The Hall–Kier alpha value is 0.440. The van der Waals surface area contributed by atoms with E-state index in [2.05, 4.69) is 17.7 Å². The van der Waals surface area contributed by atoms with Gasteiger partial charge in [0.1, 0.15) is 0 Å². The Morgan fingerprint density at radius 3 is 2.57 bits per heavy atom. The molecule has 0 amide bonds. The zero-order valence-corrected chi connectivity index (χ0v) is 10.8. The van der Waals surface area contributed by atoms with Crippen LogP contribution in [0.4, 0.5) is 0 Å². The SMILES string of the molecule is CCCCCCCCC1CSC=CS1. The molecule has 1 atom stereocenters. The van der Waals surface area contributed by atoms with Crippen LogP contribution in [0, 0.1) is 0 Å². The van der Waals surface area contributed by atoms with Crippen LogP contribution in [0.3, 0.4) is 0 Å². The van der Waals surface area contributed by atoms with E-state index in [-0.39, 0.29) is 0 Å². The van der Waals surface area contributed by atoms with Crippen molar-refractivity contribution in [2.24, 2.45) is 0 Å². The van der Waals surface area contributed by atoms with Gasteiger partial charge in [-0.1, -0.05) is 45.4 Å². The molecule has 0 spiro atoms. The van der Waals surface area contributed by atoms with Crippen LogP contribution in [0.15, 0.2) is 10.8 Å². The Morgan fingerprint density at radius 2 is 1.86 bits per heavy atom. The van der Waals surface area contributed by atoms with E-state index in [9.17, 15) is 0 Å². The summed E-state index contributed by atoms with van der Waals surface area (Å²) in [5, 5.41) is 5.38. The van der Waals surface area contributed by atoms with Crippen LogP contribution < -0.4 is 0 Å². The van der Waals surface area contributed by atoms with Gasteiger partial charge < -0.3 is 0 Å². The van der Waals surface area contributed by atoms with Crippen LogP contribution in [0.2, 0.25) is 0 Å². The lowest BCUT2D eigenvalue weighted by molar-refractivity contribution is 0.590. The summed E-state index contributed by atoms with van der Waals surface area (Å²) in [5.41, 5.74) is 0. The third kappa shape index (κ3) is 6.02. The van der Waals surface area contributed by atoms with Crippen LogP contribution >= 0.6 is 23.5 Å². The molecule has 2 heteroatoms. The second-order valence-electron chi connectivity index (χ2n) is 3.92. The molecular weight excluding hydrogens is 208 g/mol. The van der Waals surface area contributed by atoms with Crippen molar-refractivity contribution in [3.63, 3.8) is 0 Å². The Kier molecular flexibility index (Phi) is 7.80. The first-order chi connectivity index (χ1) is 6.93. The van der Waals surface area contributed by atoms with E-state index in [1.54, 1.807) is 0 Å². The predicted molar refractivity (Wildman–Crippen MR) is 71.0 cm³/mol. The highest BCUT2D eigenvalue weighted by Gasteiger charge is 2.09. The van der Waals surface area contributed by atoms with Gasteiger partial charge in [0.15, 0.2) is 0 Å². The third-order valence-corrected chi connectivity index (χ3v) is 4.97. The fourth-order valence-corrected chi connectivity index (χ4v) is 3.83. The number of hydrogen-bond acceptors (Lipinski definition) is 2. The van der Waals surface area contributed by atoms with E-state index in [4.69, 9.17) is 0 Å². The first-order valence-corrected chi connectivity index (χ1v) is 7.84. The highest BCUT2D eigenvalue weighted by molar-refractivity contribution is 8.09. The number of hydrogen-bond donors (Lipinski definition) is 0. The van der Waals surface area contributed by atoms with Crippen molar-refractivity contribution in [1.82, 2.24) is 0 Å². The monoisotopic (exact) mass is 230 g/mol. The standard InChI is InChI=1S/C12H22S2/c1-2-3-4-5-6-7-8-12-11-13-9-10-14-12/h9-10,12H,2-8,11H2,1H3. The van der Waals surface area contributed by atoms with E-state index < -0.39 is 0 Å². The lowest BCUT2D eigenvalue weighted by Gasteiger charge is -2.16. The van der Waals surface area contributed by atoms with Gasteiger partial charge in [-0.15, -0.1) is 23.5 Å². The summed E-state index contributed by atoms with van der Waals surface area (Å²) in [6.07, 6.45) is 10.0. The molecule has 0 radical (unpaired) electrons. The van der Waals surface area contributed by atoms with Crippen molar-refractivity contribution in [2.75, 3.05) is 5.75 Å². The fraction of sp³-hybridized carbons (Fsp3) is 0.833. The largest absolute Gasteiger partial charge is 0.132 e. The van der Waals surface area contributed by atoms with E-state index in [1.807, 2.05) is 23.5 Å². The first-order valence-electron chi connectivity index (χ1n) is 5.85. The van der Waals surface area contributed by atoms with Gasteiger partial charge in [0.2, 0.25) is 0 Å². The molecule has 0 fully saturated rings. The van der Waals surface area contributed by atoms with Gasteiger partial charge in [-0.25, -0.2) is 0 Å². The molecule has 1 heterocycles. The van der Waals surface area contributed by atoms with Crippen molar-refractivity contribution in [3.8, 4) is 0 Å². The zero-order valence-electron chi connectivity index (χ0n) is 9.21. The normalized spacial score (nSPS) is 21.4. The summed E-state index contributed by atoms with van der Waals surface area (Å²) in [5.74, 6) is 1.33. The fourth-order valence-electron chi connectivity index (χ4n) is 1.69. The van der Waals surface area contributed by atoms with Gasteiger partial charge in [-0.3, -0.25) is 0 Å². The summed E-state index contributed by atoms with van der Waals surface area (Å²) in [7, 11) is 0. The number of thioether (sulfide) groups is 2. The maximum Gasteiger partial charge on any atom is 0.0183 e. The zero-order chi connectivity index (χ0) is 10.1. The van der Waals surface area contributed by atoms with Gasteiger partial charge in [-0.2, -0.15) is 0 Å². The second kappa shape index (κ2) is 8.72. The van der Waals surface area contributed by atoms with Crippen LogP contribution in [0.1, 0.15) is 51.9 Å². The van der Waals surface area contributed by atoms with Crippen molar-refractivity contribution < 1.29 is 0 Å². The summed E-state index contributed by atoms with van der Waals surface area (Å²) in [6.45, 7) is 2.28. The van der Waals surface area contributed by atoms with Crippen molar-refractivity contribution in [1.29, 1.82) is 0 Å². The summed E-state index contributed by atoms with van der Waals surface area (Å²) in [6, 6.07) is 0. The quantitative estimate of drug-likeness (QED) is 0.561. The van der Waals surface area contributed by atoms with Crippen molar-refractivity contribution in [2.45, 2.75) is 57.1 Å². The Balaban J connectivity index is 1.86. The van der Waals surface area contributed by atoms with Crippen LogP contribution in [-0.2, 0) is 0 Å². The van der Waals surface area contributed by atoms with Gasteiger partial charge in [0.25, 0.3) is 0 Å². The topological polar surface area (TPSA) is 0 Å². The molecular formula is C12H22S2. The third-order valence-electron chi connectivity index (χ3n) is 2.58. The summed E-state index contributed by atoms with van der Waals surface area (Å²) >= 11 is 4.00. The van der Waals surface area contributed by atoms with E-state index >= 15 is 0 Å². The molecule has 0 aromatic rings. The molecule has 0 aromatic carbocycles. The van der Waals surface area contributed by atoms with E-state index in [0.717, 1.165) is 5.25 Å². The van der Waals surface area contributed by atoms with Crippen LogP contribution in [0.25, 0.3) is 0 Å². The minimum atomic E-state index is 0.899. The molecule has 1 unspecified atom stereocenters. The van der Waals surface area contributed by atoms with Gasteiger partial charge in [0.05, 0.1) is 0 Å². The Labute approximate surface area is 97.3 Å². The van der Waals surface area contributed by atoms with Crippen LogP contribution in [-0.4, -0.2) is 11.0 Å². The second-order valence-corrected chi connectivity index (χ2v) is 6.07. The lowest BCUT2D eigenvalue weighted by Crippen LogP contribution is -2.06. The Bertz CT molecular complexity index is 154. The molecule has 0 saturated carbocycles. The van der Waals surface area contributed by atoms with E-state index in [0.29, 0.717) is 0 Å². The maximum absolute atomic E-state index is 2.28. The maximum atomic E-state index is 2.28. The molecule has 14 heavy (non-hydrogen) atoms. The number of rotatable bonds is 7. The molecule has 0 aromatic heterocycles.